The van der Waals surface area contributed by atoms with Gasteiger partial charge >= 0.3 is 0 Å². The van der Waals surface area contributed by atoms with Crippen LogP contribution in [-0.4, -0.2) is 26.2 Å². The monoisotopic (exact) mass is 347 g/mol. The van der Waals surface area contributed by atoms with Crippen LogP contribution in [0.1, 0.15) is 15.9 Å². The van der Waals surface area contributed by atoms with Crippen LogP contribution in [0.25, 0.3) is 11.4 Å². The van der Waals surface area contributed by atoms with Gasteiger partial charge < -0.3 is 9.90 Å². The van der Waals surface area contributed by atoms with Crippen molar-refractivity contribution in [1.82, 2.24) is 20.2 Å². The van der Waals surface area contributed by atoms with Crippen molar-refractivity contribution in [3.63, 3.8) is 0 Å². The third-order valence-electron chi connectivity index (χ3n) is 3.16. The fraction of sp³-hybridized carbons (Fsp3) is 0.0667. The summed E-state index contributed by atoms with van der Waals surface area (Å²) in [6.07, 6.45) is 0. The number of carbonyl (C=O) groups excluding carboxylic acids is 1. The molecule has 1 aromatic heterocycles. The lowest BCUT2D eigenvalue weighted by molar-refractivity contribution is -0.255. The maximum Gasteiger partial charge on any atom is 0.204 e. The first kappa shape index (κ1) is 15.5. The Bertz CT molecular complexity index is 862. The highest BCUT2D eigenvalue weighted by Gasteiger charge is 2.08. The standard InChI is InChI=1S/C15H10Cl2N4O2/c16-12-6-5-11(13(17)7-12)8-21-19-14(18-20-21)9-1-3-10(4-2-9)15(22)23/h1-7H,8H2,(H,22,23)/p-1. The molecule has 0 saturated carbocycles. The summed E-state index contributed by atoms with van der Waals surface area (Å²) in [5.41, 5.74) is 1.56. The quantitative estimate of drug-likeness (QED) is 0.721. The Morgan fingerprint density at radius 3 is 2.52 bits per heavy atom. The summed E-state index contributed by atoms with van der Waals surface area (Å²) in [5.74, 6) is -0.842. The van der Waals surface area contributed by atoms with Crippen LogP contribution in [0, 0.1) is 0 Å². The van der Waals surface area contributed by atoms with Crippen LogP contribution in [0.2, 0.25) is 10.0 Å². The molecule has 0 bridgehead atoms. The van der Waals surface area contributed by atoms with Crippen LogP contribution in [-0.2, 0) is 6.54 Å². The van der Waals surface area contributed by atoms with Crippen LogP contribution in [0.4, 0.5) is 0 Å². The second-order valence-electron chi connectivity index (χ2n) is 4.74. The maximum atomic E-state index is 10.7. The molecule has 116 valence electrons. The first-order valence-electron chi connectivity index (χ1n) is 6.56. The normalized spacial score (nSPS) is 10.7. The number of carboxylic acid groups (broad SMARTS) is 1. The molecule has 0 fully saturated rings. The Kier molecular flexibility index (Phi) is 4.27. The van der Waals surface area contributed by atoms with E-state index in [1.165, 1.54) is 16.9 Å². The topological polar surface area (TPSA) is 83.7 Å². The van der Waals surface area contributed by atoms with Gasteiger partial charge in [-0.05, 0) is 28.5 Å². The molecule has 0 aliphatic heterocycles. The number of aromatic carboxylic acids is 1. The Labute approximate surface area is 141 Å². The molecule has 8 heteroatoms. The summed E-state index contributed by atoms with van der Waals surface area (Å²) in [4.78, 5) is 12.1. The van der Waals surface area contributed by atoms with Crippen LogP contribution in [0.5, 0.6) is 0 Å². The number of tetrazole rings is 1. The van der Waals surface area contributed by atoms with E-state index in [2.05, 4.69) is 15.4 Å². The van der Waals surface area contributed by atoms with Crippen molar-refractivity contribution in [1.29, 1.82) is 0 Å². The summed E-state index contributed by atoms with van der Waals surface area (Å²) >= 11 is 12.0. The van der Waals surface area contributed by atoms with Gasteiger partial charge in [-0.3, -0.25) is 0 Å². The maximum absolute atomic E-state index is 10.7. The highest BCUT2D eigenvalue weighted by molar-refractivity contribution is 6.35. The molecule has 0 amide bonds. The highest BCUT2D eigenvalue weighted by Crippen LogP contribution is 2.21. The fourth-order valence-electron chi connectivity index (χ4n) is 1.98. The molecule has 0 aliphatic rings. The summed E-state index contributed by atoms with van der Waals surface area (Å²) in [7, 11) is 0. The number of hydrogen-bond acceptors (Lipinski definition) is 5. The second kappa shape index (κ2) is 6.36. The Balaban J connectivity index is 1.81. The fourth-order valence-corrected chi connectivity index (χ4v) is 2.45. The van der Waals surface area contributed by atoms with Gasteiger partial charge in [0.1, 0.15) is 0 Å². The molecule has 3 rings (SSSR count). The molecule has 3 aromatic rings. The lowest BCUT2D eigenvalue weighted by Crippen LogP contribution is -2.21. The third-order valence-corrected chi connectivity index (χ3v) is 3.75. The van der Waals surface area contributed by atoms with E-state index in [-0.39, 0.29) is 5.56 Å². The molecule has 0 unspecified atom stereocenters. The largest absolute Gasteiger partial charge is 0.545 e. The molecule has 6 nitrogen and oxygen atoms in total. The molecule has 23 heavy (non-hydrogen) atoms. The first-order valence-corrected chi connectivity index (χ1v) is 7.32. The van der Waals surface area contributed by atoms with Gasteiger partial charge in [0.15, 0.2) is 0 Å². The molecule has 0 atom stereocenters. The average Bonchev–Trinajstić information content (AvgIpc) is 2.99. The molecular formula is C15H9Cl2N4O2-. The van der Waals surface area contributed by atoms with Crippen molar-refractivity contribution in [2.45, 2.75) is 6.54 Å². The lowest BCUT2D eigenvalue weighted by Gasteiger charge is -2.03. The van der Waals surface area contributed by atoms with Gasteiger partial charge in [0, 0.05) is 15.6 Å². The summed E-state index contributed by atoms with van der Waals surface area (Å²) in [5, 5.41) is 24.0. The van der Waals surface area contributed by atoms with Gasteiger partial charge in [0.05, 0.1) is 12.5 Å². The van der Waals surface area contributed by atoms with Crippen molar-refractivity contribution in [2.24, 2.45) is 0 Å². The van der Waals surface area contributed by atoms with E-state index in [0.29, 0.717) is 28.0 Å². The van der Waals surface area contributed by atoms with E-state index in [0.717, 1.165) is 5.56 Å². The average molecular weight is 348 g/mol. The van der Waals surface area contributed by atoms with Crippen molar-refractivity contribution in [2.75, 3.05) is 0 Å². The predicted octanol–water partition coefficient (Wildman–Crippen LogP) is 2.06. The smallest absolute Gasteiger partial charge is 0.204 e. The number of hydrogen-bond donors (Lipinski definition) is 0. The molecule has 0 radical (unpaired) electrons. The van der Waals surface area contributed by atoms with Crippen LogP contribution >= 0.6 is 23.2 Å². The minimum Gasteiger partial charge on any atom is -0.545 e. The SMILES string of the molecule is O=C([O-])c1ccc(-c2nnn(Cc3ccc(Cl)cc3Cl)n2)cc1. The van der Waals surface area contributed by atoms with E-state index < -0.39 is 5.97 Å². The lowest BCUT2D eigenvalue weighted by atomic mass is 10.1. The highest BCUT2D eigenvalue weighted by atomic mass is 35.5. The van der Waals surface area contributed by atoms with Crippen LogP contribution in [0.3, 0.4) is 0 Å². The Morgan fingerprint density at radius 2 is 1.87 bits per heavy atom. The van der Waals surface area contributed by atoms with Crippen molar-refractivity contribution in [3.8, 4) is 11.4 Å². The number of aromatic nitrogens is 4. The minimum absolute atomic E-state index is 0.0917. The van der Waals surface area contributed by atoms with Gasteiger partial charge in [-0.25, -0.2) is 0 Å². The van der Waals surface area contributed by atoms with Gasteiger partial charge in [-0.2, -0.15) is 4.80 Å². The zero-order valence-electron chi connectivity index (χ0n) is 11.6. The van der Waals surface area contributed by atoms with Gasteiger partial charge in [0.25, 0.3) is 0 Å². The van der Waals surface area contributed by atoms with E-state index in [4.69, 9.17) is 23.2 Å². The van der Waals surface area contributed by atoms with Gasteiger partial charge in [0.2, 0.25) is 5.82 Å². The zero-order valence-corrected chi connectivity index (χ0v) is 13.1. The summed E-state index contributed by atoms with van der Waals surface area (Å²) < 4.78 is 0. The molecule has 1 heterocycles. The number of carbonyl (C=O) groups is 1. The number of carboxylic acids is 1. The van der Waals surface area contributed by atoms with E-state index >= 15 is 0 Å². The second-order valence-corrected chi connectivity index (χ2v) is 5.59. The van der Waals surface area contributed by atoms with Crippen molar-refractivity contribution >= 4 is 29.2 Å². The molecule has 0 spiro atoms. The molecular weight excluding hydrogens is 339 g/mol. The van der Waals surface area contributed by atoms with Crippen molar-refractivity contribution in [3.05, 3.63) is 63.6 Å². The summed E-state index contributed by atoms with van der Waals surface area (Å²) in [6, 6.07) is 11.2. The number of nitrogens with zero attached hydrogens (tertiary/aromatic N) is 4. The number of rotatable bonds is 4. The van der Waals surface area contributed by atoms with Crippen LogP contribution < -0.4 is 5.11 Å². The van der Waals surface area contributed by atoms with Gasteiger partial charge in [-0.1, -0.05) is 53.5 Å². The molecule has 0 N–H and O–H groups in total. The first-order chi connectivity index (χ1) is 11.0. The summed E-state index contributed by atoms with van der Waals surface area (Å²) in [6.45, 7) is 0.347. The number of halogens is 2. The van der Waals surface area contributed by atoms with Gasteiger partial charge in [-0.15, -0.1) is 10.2 Å². The predicted molar refractivity (Wildman–Crippen MR) is 83.1 cm³/mol. The minimum atomic E-state index is -1.23. The molecule has 2 aromatic carbocycles. The van der Waals surface area contributed by atoms with E-state index in [1.807, 2.05) is 0 Å². The Morgan fingerprint density at radius 1 is 1.13 bits per heavy atom. The molecule has 0 saturated heterocycles. The van der Waals surface area contributed by atoms with Crippen molar-refractivity contribution < 1.29 is 9.90 Å². The molecule has 0 aliphatic carbocycles. The number of benzene rings is 2. The third kappa shape index (κ3) is 3.49. The zero-order chi connectivity index (χ0) is 16.4. The Hall–Kier alpha value is -2.44. The van der Waals surface area contributed by atoms with Crippen LogP contribution in [0.15, 0.2) is 42.5 Å². The van der Waals surface area contributed by atoms with E-state index in [1.54, 1.807) is 30.3 Å². The van der Waals surface area contributed by atoms with E-state index in [9.17, 15) is 9.90 Å².